The van der Waals surface area contributed by atoms with Crippen molar-refractivity contribution in [3.63, 3.8) is 0 Å². The molecule has 1 aromatic rings. The number of nitrogens with one attached hydrogen (secondary N) is 2. The standard InChI is InChI=1S/C14H22ClN3O/c1-11-12(15)5-4-6-13(11)16-8-7-14(19)17-9-10-18(2)3/h4-6,16H,7-10H2,1-3H3,(H,17,19). The lowest BCUT2D eigenvalue weighted by Crippen LogP contribution is -2.32. The number of amides is 1. The van der Waals surface area contributed by atoms with Gasteiger partial charge >= 0.3 is 0 Å². The zero-order chi connectivity index (χ0) is 14.3. The largest absolute Gasteiger partial charge is 0.384 e. The summed E-state index contributed by atoms with van der Waals surface area (Å²) in [5.41, 5.74) is 1.99. The molecule has 0 bridgehead atoms. The van der Waals surface area contributed by atoms with Crippen LogP contribution < -0.4 is 10.6 Å². The zero-order valence-electron chi connectivity index (χ0n) is 11.8. The molecule has 0 spiro atoms. The Balaban J connectivity index is 2.26. The summed E-state index contributed by atoms with van der Waals surface area (Å²) in [6.45, 7) is 4.10. The van der Waals surface area contributed by atoms with E-state index in [0.29, 0.717) is 19.5 Å². The van der Waals surface area contributed by atoms with E-state index in [1.165, 1.54) is 0 Å². The zero-order valence-corrected chi connectivity index (χ0v) is 12.5. The topological polar surface area (TPSA) is 44.4 Å². The molecule has 1 rings (SSSR count). The molecule has 0 aromatic heterocycles. The highest BCUT2D eigenvalue weighted by atomic mass is 35.5. The van der Waals surface area contributed by atoms with Crippen molar-refractivity contribution in [3.05, 3.63) is 28.8 Å². The van der Waals surface area contributed by atoms with Gasteiger partial charge in [-0.3, -0.25) is 4.79 Å². The maximum atomic E-state index is 11.6. The average Bonchev–Trinajstić information content (AvgIpc) is 2.34. The molecule has 0 atom stereocenters. The van der Waals surface area contributed by atoms with E-state index in [1.54, 1.807) is 0 Å². The summed E-state index contributed by atoms with van der Waals surface area (Å²) in [6.07, 6.45) is 0.458. The molecule has 0 aliphatic carbocycles. The van der Waals surface area contributed by atoms with Crippen LogP contribution in [0.5, 0.6) is 0 Å². The second-order valence-corrected chi connectivity index (χ2v) is 5.15. The van der Waals surface area contributed by atoms with E-state index in [-0.39, 0.29) is 5.91 Å². The van der Waals surface area contributed by atoms with Crippen LogP contribution in [0.25, 0.3) is 0 Å². The fourth-order valence-corrected chi connectivity index (χ4v) is 1.79. The average molecular weight is 284 g/mol. The maximum absolute atomic E-state index is 11.6. The number of nitrogens with zero attached hydrogens (tertiary/aromatic N) is 1. The van der Waals surface area contributed by atoms with Gasteiger partial charge in [0.05, 0.1) is 0 Å². The van der Waals surface area contributed by atoms with Crippen molar-refractivity contribution < 1.29 is 4.79 Å². The van der Waals surface area contributed by atoms with E-state index in [4.69, 9.17) is 11.6 Å². The quantitative estimate of drug-likeness (QED) is 0.806. The van der Waals surface area contributed by atoms with Crippen molar-refractivity contribution in [3.8, 4) is 0 Å². The molecule has 0 heterocycles. The number of likely N-dealkylation sites (N-methyl/N-ethyl adjacent to an activating group) is 1. The number of rotatable bonds is 7. The van der Waals surface area contributed by atoms with Gasteiger partial charge in [-0.1, -0.05) is 17.7 Å². The van der Waals surface area contributed by atoms with Gasteiger partial charge < -0.3 is 15.5 Å². The first-order chi connectivity index (χ1) is 9.00. The molecule has 106 valence electrons. The van der Waals surface area contributed by atoms with Gasteiger partial charge in [0.2, 0.25) is 5.91 Å². The Labute approximate surface area is 120 Å². The second kappa shape index (κ2) is 8.02. The molecule has 19 heavy (non-hydrogen) atoms. The highest BCUT2D eigenvalue weighted by Gasteiger charge is 2.03. The normalized spacial score (nSPS) is 10.6. The predicted molar refractivity (Wildman–Crippen MR) is 80.9 cm³/mol. The maximum Gasteiger partial charge on any atom is 0.221 e. The van der Waals surface area contributed by atoms with Gasteiger partial charge in [0.15, 0.2) is 0 Å². The van der Waals surface area contributed by atoms with Gasteiger partial charge in [-0.25, -0.2) is 0 Å². The highest BCUT2D eigenvalue weighted by molar-refractivity contribution is 6.31. The van der Waals surface area contributed by atoms with Gasteiger partial charge in [0.25, 0.3) is 0 Å². The Hall–Kier alpha value is -1.26. The van der Waals surface area contributed by atoms with E-state index < -0.39 is 0 Å². The summed E-state index contributed by atoms with van der Waals surface area (Å²) in [6, 6.07) is 5.72. The van der Waals surface area contributed by atoms with Crippen molar-refractivity contribution >= 4 is 23.2 Å². The summed E-state index contributed by atoms with van der Waals surface area (Å²) in [5, 5.41) is 6.84. The Morgan fingerprint density at radius 3 is 2.74 bits per heavy atom. The molecule has 0 radical (unpaired) electrons. The van der Waals surface area contributed by atoms with Gasteiger partial charge in [0.1, 0.15) is 0 Å². The summed E-state index contributed by atoms with van der Waals surface area (Å²) >= 11 is 6.03. The lowest BCUT2D eigenvalue weighted by Gasteiger charge is -2.12. The minimum Gasteiger partial charge on any atom is -0.384 e. The lowest BCUT2D eigenvalue weighted by atomic mass is 10.2. The molecule has 0 fully saturated rings. The lowest BCUT2D eigenvalue weighted by molar-refractivity contribution is -0.120. The third-order valence-electron chi connectivity index (χ3n) is 2.82. The molecule has 1 amide bonds. The molecule has 0 unspecified atom stereocenters. The van der Waals surface area contributed by atoms with E-state index >= 15 is 0 Å². The third-order valence-corrected chi connectivity index (χ3v) is 3.23. The third kappa shape index (κ3) is 5.94. The monoisotopic (exact) mass is 283 g/mol. The Bertz CT molecular complexity index is 421. The van der Waals surface area contributed by atoms with E-state index in [2.05, 4.69) is 10.6 Å². The van der Waals surface area contributed by atoms with Crippen LogP contribution in [0.15, 0.2) is 18.2 Å². The SMILES string of the molecule is Cc1c(Cl)cccc1NCCC(=O)NCCN(C)C. The first-order valence-corrected chi connectivity index (χ1v) is 6.79. The number of hydrogen-bond acceptors (Lipinski definition) is 3. The predicted octanol–water partition coefficient (Wildman–Crippen LogP) is 2.13. The van der Waals surface area contributed by atoms with E-state index in [9.17, 15) is 4.79 Å². The number of benzene rings is 1. The van der Waals surface area contributed by atoms with Crippen LogP contribution in [0.2, 0.25) is 5.02 Å². The second-order valence-electron chi connectivity index (χ2n) is 4.74. The van der Waals surface area contributed by atoms with Crippen molar-refractivity contribution in [1.82, 2.24) is 10.2 Å². The molecule has 0 saturated heterocycles. The Morgan fingerprint density at radius 2 is 2.05 bits per heavy atom. The summed E-state index contributed by atoms with van der Waals surface area (Å²) in [5.74, 6) is 0.0639. The Morgan fingerprint density at radius 1 is 1.32 bits per heavy atom. The van der Waals surface area contributed by atoms with Gasteiger partial charge in [-0.2, -0.15) is 0 Å². The summed E-state index contributed by atoms with van der Waals surface area (Å²) < 4.78 is 0. The number of anilines is 1. The molecule has 0 saturated carbocycles. The molecule has 2 N–H and O–H groups in total. The highest BCUT2D eigenvalue weighted by Crippen LogP contribution is 2.22. The first kappa shape index (κ1) is 15.8. The summed E-state index contributed by atoms with van der Waals surface area (Å²) in [4.78, 5) is 13.6. The fourth-order valence-electron chi connectivity index (χ4n) is 1.62. The molecule has 1 aromatic carbocycles. The van der Waals surface area contributed by atoms with Gasteiger partial charge in [-0.15, -0.1) is 0 Å². The molecule has 0 aliphatic heterocycles. The Kier molecular flexibility index (Phi) is 6.67. The smallest absolute Gasteiger partial charge is 0.221 e. The molecule has 4 nitrogen and oxygen atoms in total. The van der Waals surface area contributed by atoms with Crippen molar-refractivity contribution in [1.29, 1.82) is 0 Å². The van der Waals surface area contributed by atoms with Crippen molar-refractivity contribution in [2.24, 2.45) is 0 Å². The fraction of sp³-hybridized carbons (Fsp3) is 0.500. The minimum absolute atomic E-state index is 0.0639. The van der Waals surface area contributed by atoms with E-state index in [1.807, 2.05) is 44.1 Å². The van der Waals surface area contributed by atoms with Gasteiger partial charge in [-0.05, 0) is 38.7 Å². The van der Waals surface area contributed by atoms with Crippen LogP contribution in [0.1, 0.15) is 12.0 Å². The number of carbonyl (C=O) groups is 1. The van der Waals surface area contributed by atoms with Crippen LogP contribution in [-0.4, -0.2) is 44.5 Å². The van der Waals surface area contributed by atoms with Crippen molar-refractivity contribution in [2.75, 3.05) is 39.0 Å². The number of hydrogen-bond donors (Lipinski definition) is 2. The number of halogens is 1. The van der Waals surface area contributed by atoms with Crippen LogP contribution in [-0.2, 0) is 4.79 Å². The first-order valence-electron chi connectivity index (χ1n) is 6.41. The molecule has 5 heteroatoms. The molecular formula is C14H22ClN3O. The van der Waals surface area contributed by atoms with E-state index in [0.717, 1.165) is 22.8 Å². The molecular weight excluding hydrogens is 262 g/mol. The molecule has 0 aliphatic rings. The van der Waals surface area contributed by atoms with Crippen LogP contribution in [0.3, 0.4) is 0 Å². The van der Waals surface area contributed by atoms with Crippen LogP contribution in [0, 0.1) is 6.92 Å². The summed E-state index contributed by atoms with van der Waals surface area (Å²) in [7, 11) is 3.96. The van der Waals surface area contributed by atoms with Crippen molar-refractivity contribution in [2.45, 2.75) is 13.3 Å². The van der Waals surface area contributed by atoms with Crippen LogP contribution in [0.4, 0.5) is 5.69 Å². The van der Waals surface area contributed by atoms with Gasteiger partial charge in [0, 0.05) is 36.8 Å². The minimum atomic E-state index is 0.0639. The number of carbonyl (C=O) groups excluding carboxylic acids is 1. The van der Waals surface area contributed by atoms with Crippen LogP contribution >= 0.6 is 11.6 Å².